The molecule has 0 spiro atoms. The number of primary amides is 1. The topological polar surface area (TPSA) is 336 Å². The van der Waals surface area contributed by atoms with E-state index in [2.05, 4.69) is 36.6 Å². The van der Waals surface area contributed by atoms with Gasteiger partial charge < -0.3 is 57.1 Å². The number of aryl methyl sites for hydroxylation is 3. The number of hydrogen-bond donors (Lipinski definition) is 10. The molecule has 22 nitrogen and oxygen atoms in total. The molecular formula is C63H74FN10O12PS. The minimum absolute atomic E-state index is 0.0147. The standard InChI is InChI=1S/C63H74FN10O12PS/c1-34(36-17-19-39(20-18-36)55-35(2)67-33-88-55)68-58(79)49-30-44(75)32-73(49)61(82)56(63(3,4)5)72-52(77)16-8-6-7-11-37-12-10-15-46(53(37)64)66-31-43(23-26-51(65)76)69-59(80)50-29-40-14-9-13-38-21-25-47(60(81)74(50)54(38)40)71-57(78)48-28-42-27-41(22-24-45(42)70-48)62(83)87(84,85)86/h9-10,12-15,17-20,22,24,27-28,33-34,43-44,47,49-50,56,66,70,75H,6-8,11,16,21,23,25-26,29-32H2,1-5H3,(H2,65,76)(H,68,79)(H,69,80)(H,71,78)(H,72,77)(H2,84,85,86)/t34-,43?,44+,47-,49-,50-,56+/m0/s1. The van der Waals surface area contributed by atoms with Crippen LogP contribution in [0.1, 0.15) is 134 Å². The average Bonchev–Trinajstić information content (AvgIpc) is 1.84. The fourth-order valence-electron chi connectivity index (χ4n) is 11.8. The Morgan fingerprint density at radius 3 is 2.33 bits per heavy atom. The molecule has 7 amide bonds. The number of nitrogens with two attached hydrogens (primary N) is 1. The number of aliphatic hydroxyl groups excluding tert-OH is 1. The molecule has 1 saturated heterocycles. The number of carbonyl (C=O) groups excluding carboxylic acids is 8. The summed E-state index contributed by atoms with van der Waals surface area (Å²) in [5.41, 5.74) is 10.9. The van der Waals surface area contributed by atoms with Gasteiger partial charge in [0, 0.05) is 61.3 Å². The largest absolute Gasteiger partial charge is 0.396 e. The van der Waals surface area contributed by atoms with Crippen LogP contribution in [-0.4, -0.2) is 126 Å². The van der Waals surface area contributed by atoms with E-state index < -0.39 is 102 Å². The maximum Gasteiger partial charge on any atom is 0.396 e. The molecule has 4 aromatic carbocycles. The third-order valence-electron chi connectivity index (χ3n) is 16.5. The second kappa shape index (κ2) is 27.1. The first kappa shape index (κ1) is 64.3. The van der Waals surface area contributed by atoms with Crippen molar-refractivity contribution in [2.75, 3.05) is 23.3 Å². The molecule has 25 heteroatoms. The number of H-pyrrole nitrogens is 1. The number of likely N-dealkylation sites (tertiary alicyclic amines) is 1. The Labute approximate surface area is 512 Å². The Hall–Kier alpha value is -8.15. The Balaban J connectivity index is 0.769. The van der Waals surface area contributed by atoms with E-state index in [-0.39, 0.29) is 74.5 Å². The van der Waals surface area contributed by atoms with Crippen molar-refractivity contribution in [3.05, 3.63) is 135 Å². The van der Waals surface area contributed by atoms with Gasteiger partial charge in [0.2, 0.25) is 35.4 Å². The Kier molecular flexibility index (Phi) is 19.8. The van der Waals surface area contributed by atoms with Gasteiger partial charge in [-0.15, -0.1) is 11.3 Å². The maximum absolute atomic E-state index is 16.2. The highest BCUT2D eigenvalue weighted by Crippen LogP contribution is 2.41. The number of nitrogens with one attached hydrogen (secondary N) is 6. The van der Waals surface area contributed by atoms with Crippen LogP contribution in [0, 0.1) is 18.2 Å². The van der Waals surface area contributed by atoms with E-state index in [1.165, 1.54) is 34.1 Å². The summed E-state index contributed by atoms with van der Waals surface area (Å²) in [6.07, 6.45) is 1.70. The molecular weight excluding hydrogens is 1170 g/mol. The number of para-hydroxylation sites is 1. The summed E-state index contributed by atoms with van der Waals surface area (Å²) in [5, 5.41) is 25.8. The summed E-state index contributed by atoms with van der Waals surface area (Å²) in [5.74, 6) is -4.16. The highest BCUT2D eigenvalue weighted by Gasteiger charge is 2.46. The van der Waals surface area contributed by atoms with E-state index in [0.29, 0.717) is 54.3 Å². The zero-order valence-corrected chi connectivity index (χ0v) is 51.3. The fraction of sp³-hybridized carbons (Fsp3) is 0.413. The van der Waals surface area contributed by atoms with E-state index in [1.807, 2.05) is 77.1 Å². The molecule has 5 heterocycles. The zero-order chi connectivity index (χ0) is 63.4. The molecule has 6 aromatic rings. The van der Waals surface area contributed by atoms with Gasteiger partial charge >= 0.3 is 7.60 Å². The predicted molar refractivity (Wildman–Crippen MR) is 329 cm³/mol. The number of aromatic nitrogens is 2. The van der Waals surface area contributed by atoms with Crippen LogP contribution >= 0.6 is 18.9 Å². The third-order valence-corrected chi connectivity index (χ3v) is 18.3. The highest BCUT2D eigenvalue weighted by atomic mass is 32.1. The van der Waals surface area contributed by atoms with Gasteiger partial charge in [0.1, 0.15) is 35.7 Å². The quantitative estimate of drug-likeness (QED) is 0.0232. The maximum atomic E-state index is 16.2. The first-order chi connectivity index (χ1) is 41.7. The van der Waals surface area contributed by atoms with Crippen molar-refractivity contribution in [1.82, 2.24) is 36.1 Å². The summed E-state index contributed by atoms with van der Waals surface area (Å²) in [4.78, 5) is 138. The normalized spacial score (nSPS) is 18.4. The van der Waals surface area contributed by atoms with Crippen LogP contribution < -0.4 is 37.2 Å². The first-order valence-electron chi connectivity index (χ1n) is 29.4. The number of β-amino-alcohol motifs (C(OH)–C–C–N with tert-alkyl or cyclic N) is 1. The minimum atomic E-state index is -5.07. The molecule has 0 aliphatic carbocycles. The van der Waals surface area contributed by atoms with E-state index in [1.54, 1.807) is 35.0 Å². The van der Waals surface area contributed by atoms with E-state index in [0.717, 1.165) is 32.8 Å². The van der Waals surface area contributed by atoms with Gasteiger partial charge in [0.25, 0.3) is 11.4 Å². The van der Waals surface area contributed by atoms with Gasteiger partial charge in [-0.1, -0.05) is 81.8 Å². The summed E-state index contributed by atoms with van der Waals surface area (Å²) >= 11 is 1.55. The molecule has 1 unspecified atom stereocenters. The average molecular weight is 1250 g/mol. The monoisotopic (exact) mass is 1240 g/mol. The molecule has 2 aromatic heterocycles. The number of benzene rings is 4. The van der Waals surface area contributed by atoms with Crippen molar-refractivity contribution in [3.63, 3.8) is 0 Å². The number of carbonyl (C=O) groups is 8. The SMILES string of the molecule is Cc1ncsc1-c1ccc([C@H](C)NC(=O)[C@@H]2C[C@@H](O)CN2C(=O)[C@@H](NC(=O)CCCCCc2cccc(NCC(CCC(N)=O)NC(=O)[C@@H]3Cc4cccc5c4N3C(=O)[C@@H](NC(=O)c3cc4cc(C(=O)P(=O)(O)O)ccc4[nH]3)CC5)c2F)C(C)(C)C)cc1. The number of hydrogen-bond acceptors (Lipinski definition) is 13. The molecule has 88 heavy (non-hydrogen) atoms. The smallest absolute Gasteiger partial charge is 0.391 e. The van der Waals surface area contributed by atoms with Gasteiger partial charge in [-0.25, -0.2) is 9.37 Å². The van der Waals surface area contributed by atoms with Gasteiger partial charge in [-0.05, 0) is 116 Å². The Bertz CT molecular complexity index is 3710. The molecule has 0 bridgehead atoms. The van der Waals surface area contributed by atoms with E-state index in [4.69, 9.17) is 5.73 Å². The minimum Gasteiger partial charge on any atom is -0.391 e. The zero-order valence-electron chi connectivity index (χ0n) is 49.6. The molecule has 11 N–H and O–H groups in total. The fourth-order valence-corrected chi connectivity index (χ4v) is 13.1. The van der Waals surface area contributed by atoms with Crippen LogP contribution in [0.5, 0.6) is 0 Å². The number of unbranched alkanes of at least 4 members (excludes halogenated alkanes) is 2. The summed E-state index contributed by atoms with van der Waals surface area (Å²) in [7, 11) is -5.07. The van der Waals surface area contributed by atoms with E-state index >= 15 is 4.39 Å². The molecule has 466 valence electrons. The molecule has 9 rings (SSSR count). The lowest BCUT2D eigenvalue weighted by molar-refractivity contribution is -0.144. The van der Waals surface area contributed by atoms with Gasteiger partial charge in [0.05, 0.1) is 39.6 Å². The summed E-state index contributed by atoms with van der Waals surface area (Å²) in [6, 6.07) is 18.2. The second-order valence-corrected chi connectivity index (χ2v) is 26.4. The second-order valence-electron chi connectivity index (χ2n) is 24.1. The van der Waals surface area contributed by atoms with Crippen LogP contribution in [0.25, 0.3) is 21.3 Å². The van der Waals surface area contributed by atoms with Crippen molar-refractivity contribution < 1.29 is 62.2 Å². The Morgan fingerprint density at radius 1 is 0.898 bits per heavy atom. The highest BCUT2D eigenvalue weighted by molar-refractivity contribution is 7.70. The molecule has 1 fully saturated rings. The van der Waals surface area contributed by atoms with Crippen molar-refractivity contribution in [2.24, 2.45) is 11.1 Å². The molecule has 3 aliphatic heterocycles. The summed E-state index contributed by atoms with van der Waals surface area (Å²) in [6.45, 7) is 9.16. The van der Waals surface area contributed by atoms with Crippen molar-refractivity contribution in [1.29, 1.82) is 0 Å². The number of amides is 7. The number of fused-ring (bicyclic) bond motifs is 1. The van der Waals surface area contributed by atoms with Crippen molar-refractivity contribution in [2.45, 2.75) is 148 Å². The van der Waals surface area contributed by atoms with Crippen LogP contribution in [-0.2, 0) is 52.6 Å². The molecule has 3 aliphatic rings. The van der Waals surface area contributed by atoms with E-state index in [9.17, 15) is 57.8 Å². The van der Waals surface area contributed by atoms with Crippen molar-refractivity contribution in [3.8, 4) is 10.4 Å². The number of rotatable bonds is 24. The van der Waals surface area contributed by atoms with Crippen molar-refractivity contribution >= 4 is 88.1 Å². The van der Waals surface area contributed by atoms with Gasteiger partial charge in [-0.3, -0.25) is 47.8 Å². The lowest BCUT2D eigenvalue weighted by atomic mass is 9.85. The molecule has 0 saturated carbocycles. The number of anilines is 2. The number of aliphatic hydroxyl groups is 1. The number of thiazole rings is 1. The van der Waals surface area contributed by atoms with Crippen LogP contribution in [0.4, 0.5) is 15.8 Å². The van der Waals surface area contributed by atoms with Crippen LogP contribution in [0.2, 0.25) is 0 Å². The lowest BCUT2D eigenvalue weighted by Crippen LogP contribution is -2.57. The summed E-state index contributed by atoms with van der Waals surface area (Å²) < 4.78 is 27.8. The van der Waals surface area contributed by atoms with Gasteiger partial charge in [-0.2, -0.15) is 0 Å². The Morgan fingerprint density at radius 2 is 1.62 bits per heavy atom. The number of aromatic amines is 1. The molecule has 7 atom stereocenters. The number of nitrogens with zero attached hydrogens (tertiary/aromatic N) is 3. The number of halogens is 1. The van der Waals surface area contributed by atoms with Crippen LogP contribution in [0.3, 0.4) is 0 Å². The third kappa shape index (κ3) is 14.9. The van der Waals surface area contributed by atoms with Crippen LogP contribution in [0.15, 0.2) is 90.4 Å². The lowest BCUT2D eigenvalue weighted by Gasteiger charge is -2.35. The predicted octanol–water partition coefficient (Wildman–Crippen LogP) is 6.39. The van der Waals surface area contributed by atoms with Gasteiger partial charge in [0.15, 0.2) is 0 Å². The first-order valence-corrected chi connectivity index (χ1v) is 31.9. The molecule has 0 radical (unpaired) electrons.